The molecule has 9 heteroatoms. The number of piperazine rings is 1. The van der Waals surface area contributed by atoms with Crippen molar-refractivity contribution in [2.75, 3.05) is 44.7 Å². The average Bonchev–Trinajstić information content (AvgIpc) is 3.81. The predicted octanol–water partition coefficient (Wildman–Crippen LogP) is 6.78. The number of aromatic hydroxyl groups is 1. The van der Waals surface area contributed by atoms with E-state index in [2.05, 4.69) is 29.1 Å². The van der Waals surface area contributed by atoms with Crippen LogP contribution in [-0.4, -0.2) is 71.9 Å². The van der Waals surface area contributed by atoms with Crippen molar-refractivity contribution in [3.8, 4) is 22.9 Å². The van der Waals surface area contributed by atoms with Gasteiger partial charge in [-0.15, -0.1) is 0 Å². The fourth-order valence-corrected chi connectivity index (χ4v) is 7.44. The summed E-state index contributed by atoms with van der Waals surface area (Å²) in [6.45, 7) is 6.35. The van der Waals surface area contributed by atoms with Gasteiger partial charge in [-0.1, -0.05) is 42.8 Å². The fraction of sp³-hybridized carbons (Fsp3) is 0.471. The summed E-state index contributed by atoms with van der Waals surface area (Å²) >= 11 is 6.92. The number of ether oxygens (including phenoxy) is 1. The van der Waals surface area contributed by atoms with Crippen molar-refractivity contribution in [2.45, 2.75) is 57.5 Å². The Labute approximate surface area is 257 Å². The molecule has 4 fully saturated rings. The van der Waals surface area contributed by atoms with Crippen LogP contribution < -0.4 is 15.0 Å². The van der Waals surface area contributed by atoms with Crippen molar-refractivity contribution in [1.82, 2.24) is 20.2 Å². The molecule has 43 heavy (non-hydrogen) atoms. The molecule has 3 aromatic carbocycles. The lowest BCUT2D eigenvalue weighted by atomic mass is 9.96. The Morgan fingerprint density at radius 1 is 1.16 bits per heavy atom. The standard InChI is InChI=1S/C34H39ClFN5O2/c1-3-13-40(2)19-34(11-12-34)20-43-33-38-31-27(32(39-33)41-18-22-8-6-9-23(41)17-37-22)16-28(35)29(30(31)36)26-15-24(42)14-21-7-4-5-10-25(21)26/h4-5,7,10,14-16,22-23,37,42H,3,6,8-9,11-13,17-20H2,1-2H3. The zero-order valence-corrected chi connectivity index (χ0v) is 25.6. The van der Waals surface area contributed by atoms with Gasteiger partial charge in [0.15, 0.2) is 5.82 Å². The second-order valence-corrected chi connectivity index (χ2v) is 13.3. The van der Waals surface area contributed by atoms with Gasteiger partial charge in [0.25, 0.3) is 0 Å². The number of benzene rings is 3. The Morgan fingerprint density at radius 2 is 2.00 bits per heavy atom. The Bertz CT molecular complexity index is 1670. The maximum atomic E-state index is 16.9. The first-order chi connectivity index (χ1) is 20.8. The van der Waals surface area contributed by atoms with E-state index in [0.29, 0.717) is 29.4 Å². The van der Waals surface area contributed by atoms with Crippen LogP contribution in [0.4, 0.5) is 10.2 Å². The first-order valence-corrected chi connectivity index (χ1v) is 16.0. The van der Waals surface area contributed by atoms with Gasteiger partial charge in [0.2, 0.25) is 0 Å². The first-order valence-electron chi connectivity index (χ1n) is 15.6. The molecule has 8 rings (SSSR count). The molecule has 2 atom stereocenters. The zero-order valence-electron chi connectivity index (χ0n) is 24.9. The smallest absolute Gasteiger partial charge is 0.319 e. The van der Waals surface area contributed by atoms with Gasteiger partial charge in [0, 0.05) is 48.1 Å². The quantitative estimate of drug-likeness (QED) is 0.218. The summed E-state index contributed by atoms with van der Waals surface area (Å²) in [7, 11) is 2.16. The lowest BCUT2D eigenvalue weighted by molar-refractivity contribution is 0.171. The molecule has 0 amide bonds. The number of nitrogens with one attached hydrogen (secondary N) is 1. The van der Waals surface area contributed by atoms with E-state index in [1.54, 1.807) is 18.2 Å². The van der Waals surface area contributed by atoms with Crippen LogP contribution in [0, 0.1) is 11.2 Å². The van der Waals surface area contributed by atoms with Crippen LogP contribution in [0.15, 0.2) is 42.5 Å². The maximum absolute atomic E-state index is 16.9. The van der Waals surface area contributed by atoms with Crippen molar-refractivity contribution in [2.24, 2.45) is 5.41 Å². The molecular weight excluding hydrogens is 565 g/mol. The highest BCUT2D eigenvalue weighted by Crippen LogP contribution is 2.47. The minimum absolute atomic E-state index is 0.0486. The van der Waals surface area contributed by atoms with E-state index in [4.69, 9.17) is 26.3 Å². The van der Waals surface area contributed by atoms with E-state index in [1.807, 2.05) is 24.3 Å². The van der Waals surface area contributed by atoms with E-state index in [-0.39, 0.29) is 39.3 Å². The number of phenolic OH excluding ortho intramolecular Hbond substituents is 1. The number of anilines is 1. The van der Waals surface area contributed by atoms with Crippen LogP contribution in [0.1, 0.15) is 45.4 Å². The van der Waals surface area contributed by atoms with Crippen molar-refractivity contribution in [3.05, 3.63) is 53.3 Å². The van der Waals surface area contributed by atoms with Crippen molar-refractivity contribution in [1.29, 1.82) is 0 Å². The lowest BCUT2D eigenvalue weighted by Gasteiger charge is -2.38. The normalized spacial score (nSPS) is 21.1. The molecule has 4 aliphatic rings. The maximum Gasteiger partial charge on any atom is 0.319 e. The van der Waals surface area contributed by atoms with Crippen LogP contribution in [0.5, 0.6) is 11.8 Å². The third-order valence-corrected chi connectivity index (χ3v) is 9.79. The van der Waals surface area contributed by atoms with Gasteiger partial charge in [-0.25, -0.2) is 4.39 Å². The molecule has 1 aromatic heterocycles. The number of halogens is 2. The molecule has 4 aromatic rings. The molecule has 0 radical (unpaired) electrons. The third kappa shape index (κ3) is 5.49. The van der Waals surface area contributed by atoms with Crippen LogP contribution in [0.2, 0.25) is 5.02 Å². The molecule has 4 heterocycles. The molecule has 2 N–H and O–H groups in total. The number of nitrogens with zero attached hydrogens (tertiary/aromatic N) is 4. The molecule has 7 nitrogen and oxygen atoms in total. The van der Waals surface area contributed by atoms with E-state index in [9.17, 15) is 5.11 Å². The van der Waals surface area contributed by atoms with Crippen molar-refractivity contribution >= 4 is 39.1 Å². The SMILES string of the molecule is CCCN(C)CC1(COc2nc(N3CC4CCCC3CN4)c3cc(Cl)c(-c4cc(O)cc5ccccc45)c(F)c3n2)CC1. The Balaban J connectivity index is 1.35. The largest absolute Gasteiger partial charge is 0.508 e. The summed E-state index contributed by atoms with van der Waals surface area (Å²) in [5, 5.41) is 16.6. The zero-order chi connectivity index (χ0) is 29.7. The summed E-state index contributed by atoms with van der Waals surface area (Å²) < 4.78 is 23.2. The summed E-state index contributed by atoms with van der Waals surface area (Å²) in [6, 6.07) is 13.4. The highest BCUT2D eigenvalue weighted by atomic mass is 35.5. The predicted molar refractivity (Wildman–Crippen MR) is 171 cm³/mol. The number of fused-ring (bicyclic) bond motifs is 6. The third-order valence-electron chi connectivity index (χ3n) is 9.50. The molecule has 1 aliphatic carbocycles. The van der Waals surface area contributed by atoms with Gasteiger partial charge in [-0.2, -0.15) is 9.97 Å². The van der Waals surface area contributed by atoms with E-state index in [1.165, 1.54) is 0 Å². The van der Waals surface area contributed by atoms with Gasteiger partial charge in [-0.3, -0.25) is 0 Å². The molecule has 3 aliphatic heterocycles. The number of hydrogen-bond donors (Lipinski definition) is 2. The molecular formula is C34H39ClFN5O2. The van der Waals surface area contributed by atoms with Gasteiger partial charge >= 0.3 is 6.01 Å². The monoisotopic (exact) mass is 603 g/mol. The second-order valence-electron chi connectivity index (χ2n) is 12.9. The summed E-state index contributed by atoms with van der Waals surface area (Å²) in [5.41, 5.74) is 1.01. The van der Waals surface area contributed by atoms with Crippen molar-refractivity contribution < 1.29 is 14.2 Å². The number of hydrogen-bond acceptors (Lipinski definition) is 7. The fourth-order valence-electron chi connectivity index (χ4n) is 7.14. The number of rotatable bonds is 9. The molecule has 1 saturated carbocycles. The van der Waals surface area contributed by atoms with Crippen LogP contribution >= 0.6 is 11.6 Å². The minimum atomic E-state index is -0.534. The number of phenols is 1. The molecule has 2 bridgehead atoms. The van der Waals surface area contributed by atoms with E-state index >= 15 is 4.39 Å². The highest BCUT2D eigenvalue weighted by molar-refractivity contribution is 6.35. The Morgan fingerprint density at radius 3 is 2.81 bits per heavy atom. The molecule has 3 saturated heterocycles. The Kier molecular flexibility index (Phi) is 7.56. The van der Waals surface area contributed by atoms with Crippen LogP contribution in [0.3, 0.4) is 0 Å². The summed E-state index contributed by atoms with van der Waals surface area (Å²) in [4.78, 5) is 14.3. The van der Waals surface area contributed by atoms with Crippen molar-refractivity contribution in [3.63, 3.8) is 0 Å². The minimum Gasteiger partial charge on any atom is -0.508 e. The molecule has 0 spiro atoms. The van der Waals surface area contributed by atoms with Gasteiger partial charge in [0.05, 0.1) is 11.6 Å². The second kappa shape index (κ2) is 11.4. The Hall–Kier alpha value is -3.20. The average molecular weight is 604 g/mol. The number of aromatic nitrogens is 2. The highest BCUT2D eigenvalue weighted by Gasteiger charge is 2.44. The van der Waals surface area contributed by atoms with Gasteiger partial charge < -0.3 is 25.0 Å². The van der Waals surface area contributed by atoms with E-state index < -0.39 is 5.82 Å². The summed E-state index contributed by atoms with van der Waals surface area (Å²) in [6.07, 6.45) is 6.60. The van der Waals surface area contributed by atoms with Gasteiger partial charge in [0.1, 0.15) is 17.1 Å². The van der Waals surface area contributed by atoms with Crippen LogP contribution in [-0.2, 0) is 0 Å². The van der Waals surface area contributed by atoms with Crippen LogP contribution in [0.25, 0.3) is 32.8 Å². The molecule has 2 unspecified atom stereocenters. The first kappa shape index (κ1) is 28.6. The van der Waals surface area contributed by atoms with Gasteiger partial charge in [-0.05, 0) is 86.7 Å². The van der Waals surface area contributed by atoms with E-state index in [0.717, 1.165) is 75.5 Å². The topological polar surface area (TPSA) is 73.8 Å². The lowest BCUT2D eigenvalue weighted by Crippen LogP contribution is -2.54. The summed E-state index contributed by atoms with van der Waals surface area (Å²) in [5.74, 6) is 0.195. The molecule has 226 valence electrons.